The normalized spacial score (nSPS) is 10.4. The van der Waals surface area contributed by atoms with Crippen LogP contribution in [0.3, 0.4) is 0 Å². The Balaban J connectivity index is 2.58. The Morgan fingerprint density at radius 3 is 2.56 bits per heavy atom. The maximum Gasteiger partial charge on any atom is 0.337 e. The Labute approximate surface area is 112 Å². The summed E-state index contributed by atoms with van der Waals surface area (Å²) in [6.45, 7) is 0. The molecule has 1 heterocycles. The molecular weight excluding hydrogens is 280 g/mol. The zero-order valence-electron chi connectivity index (χ0n) is 8.82. The van der Waals surface area contributed by atoms with Crippen molar-refractivity contribution in [2.45, 2.75) is 0 Å². The minimum absolute atomic E-state index is 0.0634. The van der Waals surface area contributed by atoms with Crippen LogP contribution in [0.5, 0.6) is 0 Å². The molecule has 18 heavy (non-hydrogen) atoms. The summed E-state index contributed by atoms with van der Waals surface area (Å²) in [4.78, 5) is 14.2. The summed E-state index contributed by atoms with van der Waals surface area (Å²) >= 11 is 11.6. The van der Waals surface area contributed by atoms with Crippen molar-refractivity contribution < 1.29 is 14.3 Å². The first-order valence-electron chi connectivity index (χ1n) is 4.83. The summed E-state index contributed by atoms with van der Waals surface area (Å²) < 4.78 is 13.6. The van der Waals surface area contributed by atoms with Crippen molar-refractivity contribution in [2.24, 2.45) is 0 Å². The molecule has 0 saturated heterocycles. The van der Waals surface area contributed by atoms with E-state index in [2.05, 4.69) is 4.98 Å². The van der Waals surface area contributed by atoms with Gasteiger partial charge in [-0.3, -0.25) is 0 Å². The number of aromatic nitrogens is 1. The van der Waals surface area contributed by atoms with Gasteiger partial charge in [0.2, 0.25) is 5.95 Å². The van der Waals surface area contributed by atoms with E-state index in [4.69, 9.17) is 28.3 Å². The van der Waals surface area contributed by atoms with Crippen molar-refractivity contribution in [3.8, 4) is 11.1 Å². The Kier molecular flexibility index (Phi) is 3.50. The number of pyridine rings is 1. The quantitative estimate of drug-likeness (QED) is 0.852. The SMILES string of the molecule is O=C(O)c1cnc(F)c(-c2ccc(Cl)c(Cl)c2)c1. The number of halogens is 3. The first-order valence-corrected chi connectivity index (χ1v) is 5.59. The van der Waals surface area contributed by atoms with Gasteiger partial charge in [-0.15, -0.1) is 0 Å². The molecule has 0 amide bonds. The molecule has 0 radical (unpaired) electrons. The molecule has 0 aliphatic heterocycles. The lowest BCUT2D eigenvalue weighted by atomic mass is 10.1. The smallest absolute Gasteiger partial charge is 0.337 e. The van der Waals surface area contributed by atoms with Crippen LogP contribution in [0.4, 0.5) is 4.39 Å². The van der Waals surface area contributed by atoms with Gasteiger partial charge in [-0.2, -0.15) is 4.39 Å². The van der Waals surface area contributed by atoms with Crippen LogP contribution in [-0.2, 0) is 0 Å². The van der Waals surface area contributed by atoms with Crippen molar-refractivity contribution in [3.05, 3.63) is 52.0 Å². The van der Waals surface area contributed by atoms with Crippen LogP contribution in [0.15, 0.2) is 30.5 Å². The highest BCUT2D eigenvalue weighted by Crippen LogP contribution is 2.29. The van der Waals surface area contributed by atoms with Crippen LogP contribution < -0.4 is 0 Å². The van der Waals surface area contributed by atoms with Gasteiger partial charge in [-0.25, -0.2) is 9.78 Å². The number of carbonyl (C=O) groups is 1. The highest BCUT2D eigenvalue weighted by Gasteiger charge is 2.12. The summed E-state index contributed by atoms with van der Waals surface area (Å²) in [5, 5.41) is 9.43. The predicted octanol–water partition coefficient (Wildman–Crippen LogP) is 3.89. The van der Waals surface area contributed by atoms with E-state index in [0.29, 0.717) is 10.6 Å². The molecule has 1 aromatic carbocycles. The average molecular weight is 286 g/mol. The molecule has 0 bridgehead atoms. The fourth-order valence-electron chi connectivity index (χ4n) is 1.43. The first-order chi connectivity index (χ1) is 8.49. The fraction of sp³-hybridized carbons (Fsp3) is 0. The molecule has 0 aliphatic rings. The lowest BCUT2D eigenvalue weighted by Gasteiger charge is -2.05. The molecule has 1 N–H and O–H groups in total. The minimum atomic E-state index is -1.18. The van der Waals surface area contributed by atoms with Crippen LogP contribution in [-0.4, -0.2) is 16.1 Å². The van der Waals surface area contributed by atoms with Crippen molar-refractivity contribution in [2.75, 3.05) is 0 Å². The lowest BCUT2D eigenvalue weighted by Crippen LogP contribution is -2.00. The highest BCUT2D eigenvalue weighted by molar-refractivity contribution is 6.42. The van der Waals surface area contributed by atoms with Gasteiger partial charge in [0.1, 0.15) is 0 Å². The molecule has 2 aromatic rings. The van der Waals surface area contributed by atoms with E-state index in [-0.39, 0.29) is 16.1 Å². The molecule has 0 saturated carbocycles. The van der Waals surface area contributed by atoms with E-state index >= 15 is 0 Å². The number of benzene rings is 1. The summed E-state index contributed by atoms with van der Waals surface area (Å²) in [5.41, 5.74) is 0.378. The molecule has 0 spiro atoms. The third-order valence-corrected chi connectivity index (χ3v) is 3.06. The lowest BCUT2D eigenvalue weighted by molar-refractivity contribution is 0.0696. The molecule has 2 rings (SSSR count). The molecule has 3 nitrogen and oxygen atoms in total. The van der Waals surface area contributed by atoms with Crippen molar-refractivity contribution >= 4 is 29.2 Å². The van der Waals surface area contributed by atoms with Gasteiger partial charge in [0, 0.05) is 11.8 Å². The zero-order valence-corrected chi connectivity index (χ0v) is 10.3. The van der Waals surface area contributed by atoms with Crippen molar-refractivity contribution in [1.82, 2.24) is 4.98 Å². The third kappa shape index (κ3) is 2.44. The van der Waals surface area contributed by atoms with Crippen molar-refractivity contribution in [3.63, 3.8) is 0 Å². The van der Waals surface area contributed by atoms with Crippen LogP contribution in [0.1, 0.15) is 10.4 Å². The molecular formula is C12H6Cl2FNO2. The van der Waals surface area contributed by atoms with E-state index in [1.807, 2.05) is 0 Å². The number of aromatic carboxylic acids is 1. The van der Waals surface area contributed by atoms with Crippen LogP contribution in [0.25, 0.3) is 11.1 Å². The number of carboxylic acid groups (broad SMARTS) is 1. The van der Waals surface area contributed by atoms with Gasteiger partial charge in [0.15, 0.2) is 0 Å². The molecule has 6 heteroatoms. The Hall–Kier alpha value is -1.65. The van der Waals surface area contributed by atoms with E-state index in [0.717, 1.165) is 6.20 Å². The molecule has 0 aliphatic carbocycles. The molecule has 0 atom stereocenters. The summed E-state index contributed by atoms with van der Waals surface area (Å²) in [6.07, 6.45) is 0.957. The maximum atomic E-state index is 13.6. The highest BCUT2D eigenvalue weighted by atomic mass is 35.5. The average Bonchev–Trinajstić information content (AvgIpc) is 2.33. The van der Waals surface area contributed by atoms with E-state index in [1.165, 1.54) is 18.2 Å². The summed E-state index contributed by atoms with van der Waals surface area (Å²) in [5.74, 6) is -1.94. The maximum absolute atomic E-state index is 13.6. The number of rotatable bonds is 2. The van der Waals surface area contributed by atoms with Crippen LogP contribution in [0.2, 0.25) is 10.0 Å². The molecule has 0 fully saturated rings. The van der Waals surface area contributed by atoms with Gasteiger partial charge in [-0.05, 0) is 23.8 Å². The standard InChI is InChI=1S/C12H6Cl2FNO2/c13-9-2-1-6(4-10(9)14)8-3-7(12(17)18)5-16-11(8)15/h1-5H,(H,17,18). The van der Waals surface area contributed by atoms with E-state index < -0.39 is 11.9 Å². The number of carboxylic acids is 1. The Morgan fingerprint density at radius 2 is 1.94 bits per heavy atom. The second-order valence-electron chi connectivity index (χ2n) is 3.50. The van der Waals surface area contributed by atoms with Gasteiger partial charge >= 0.3 is 5.97 Å². The topological polar surface area (TPSA) is 50.2 Å². The first kappa shape index (κ1) is 12.8. The van der Waals surface area contributed by atoms with E-state index in [9.17, 15) is 9.18 Å². The zero-order chi connectivity index (χ0) is 13.3. The number of nitrogens with zero attached hydrogens (tertiary/aromatic N) is 1. The van der Waals surface area contributed by atoms with Gasteiger partial charge in [0.25, 0.3) is 0 Å². The molecule has 0 unspecified atom stereocenters. The van der Waals surface area contributed by atoms with Crippen LogP contribution in [0, 0.1) is 5.95 Å². The van der Waals surface area contributed by atoms with Crippen LogP contribution >= 0.6 is 23.2 Å². The monoisotopic (exact) mass is 285 g/mol. The van der Waals surface area contributed by atoms with Gasteiger partial charge in [0.05, 0.1) is 15.6 Å². The largest absolute Gasteiger partial charge is 0.478 e. The van der Waals surface area contributed by atoms with E-state index in [1.54, 1.807) is 6.07 Å². The Morgan fingerprint density at radius 1 is 1.22 bits per heavy atom. The van der Waals surface area contributed by atoms with Gasteiger partial charge in [-0.1, -0.05) is 29.3 Å². The second-order valence-corrected chi connectivity index (χ2v) is 4.31. The van der Waals surface area contributed by atoms with Crippen molar-refractivity contribution in [1.29, 1.82) is 0 Å². The second kappa shape index (κ2) is 4.92. The number of hydrogen-bond donors (Lipinski definition) is 1. The number of hydrogen-bond acceptors (Lipinski definition) is 2. The molecule has 1 aromatic heterocycles. The third-order valence-electron chi connectivity index (χ3n) is 2.32. The predicted molar refractivity (Wildman–Crippen MR) is 66.6 cm³/mol. The van der Waals surface area contributed by atoms with Gasteiger partial charge < -0.3 is 5.11 Å². The fourth-order valence-corrected chi connectivity index (χ4v) is 1.73. The Bertz CT molecular complexity index is 631. The minimum Gasteiger partial charge on any atom is -0.478 e. The molecule has 92 valence electrons. The summed E-state index contributed by atoms with van der Waals surface area (Å²) in [6, 6.07) is 5.70. The summed E-state index contributed by atoms with van der Waals surface area (Å²) in [7, 11) is 0.